The Morgan fingerprint density at radius 1 is 1.15 bits per heavy atom. The zero-order chi connectivity index (χ0) is 13.7. The molecule has 2 fully saturated rings. The molecule has 2 aliphatic heterocycles. The molecule has 4 rings (SSSR count). The molecule has 2 unspecified atom stereocenters. The van der Waals surface area contributed by atoms with Crippen LogP contribution in [0, 0.1) is 11.8 Å². The second-order valence-electron chi connectivity index (χ2n) is 6.27. The van der Waals surface area contributed by atoms with Gasteiger partial charge in [-0.1, -0.05) is 12.5 Å². The van der Waals surface area contributed by atoms with Gasteiger partial charge < -0.3 is 5.32 Å². The van der Waals surface area contributed by atoms with Gasteiger partial charge in [0, 0.05) is 25.3 Å². The smallest absolute Gasteiger partial charge is 0.243 e. The number of benzene rings is 1. The van der Waals surface area contributed by atoms with Gasteiger partial charge in [0.05, 0.1) is 4.90 Å². The highest BCUT2D eigenvalue weighted by molar-refractivity contribution is 7.89. The van der Waals surface area contributed by atoms with Gasteiger partial charge >= 0.3 is 0 Å². The van der Waals surface area contributed by atoms with E-state index in [9.17, 15) is 8.42 Å². The van der Waals surface area contributed by atoms with Crippen molar-refractivity contribution in [1.82, 2.24) is 4.31 Å². The molecule has 2 heterocycles. The molecule has 20 heavy (non-hydrogen) atoms. The molecule has 0 bridgehead atoms. The first kappa shape index (κ1) is 12.7. The molecule has 1 saturated carbocycles. The van der Waals surface area contributed by atoms with Crippen LogP contribution < -0.4 is 5.32 Å². The first-order chi connectivity index (χ1) is 9.64. The lowest BCUT2D eigenvalue weighted by molar-refractivity contribution is 0.445. The first-order valence-corrected chi connectivity index (χ1v) is 8.95. The molecule has 3 aliphatic rings. The summed E-state index contributed by atoms with van der Waals surface area (Å²) >= 11 is 0. The number of anilines is 1. The van der Waals surface area contributed by atoms with E-state index < -0.39 is 10.0 Å². The first-order valence-electron chi connectivity index (χ1n) is 7.51. The van der Waals surface area contributed by atoms with Crippen LogP contribution in [0.25, 0.3) is 0 Å². The minimum absolute atomic E-state index is 0.450. The highest BCUT2D eigenvalue weighted by Crippen LogP contribution is 2.40. The van der Waals surface area contributed by atoms with Gasteiger partial charge in [-0.2, -0.15) is 4.31 Å². The summed E-state index contributed by atoms with van der Waals surface area (Å²) in [6, 6.07) is 5.54. The Morgan fingerprint density at radius 3 is 2.65 bits per heavy atom. The quantitative estimate of drug-likeness (QED) is 0.908. The van der Waals surface area contributed by atoms with Gasteiger partial charge in [0.2, 0.25) is 10.0 Å². The number of hydrogen-bond donors (Lipinski definition) is 1. The van der Waals surface area contributed by atoms with E-state index in [0.717, 1.165) is 31.7 Å². The zero-order valence-electron chi connectivity index (χ0n) is 11.5. The third-order valence-electron chi connectivity index (χ3n) is 5.12. The highest BCUT2D eigenvalue weighted by atomic mass is 32.2. The molecular weight excluding hydrogens is 272 g/mol. The maximum absolute atomic E-state index is 12.8. The second-order valence-corrected chi connectivity index (χ2v) is 8.21. The lowest BCUT2D eigenvalue weighted by Crippen LogP contribution is -2.29. The van der Waals surface area contributed by atoms with Crippen molar-refractivity contribution >= 4 is 15.7 Å². The van der Waals surface area contributed by atoms with Crippen LogP contribution in [-0.4, -0.2) is 32.4 Å². The minimum Gasteiger partial charge on any atom is -0.384 e. The summed E-state index contributed by atoms with van der Waals surface area (Å²) in [7, 11) is -3.31. The fourth-order valence-electron chi connectivity index (χ4n) is 3.97. The molecule has 0 aromatic heterocycles. The molecule has 1 aliphatic carbocycles. The average Bonchev–Trinajstić information content (AvgIpc) is 3.12. The van der Waals surface area contributed by atoms with Crippen LogP contribution in [0.15, 0.2) is 23.1 Å². The lowest BCUT2D eigenvalue weighted by Gasteiger charge is -2.18. The average molecular weight is 292 g/mol. The Labute approximate surface area is 120 Å². The monoisotopic (exact) mass is 292 g/mol. The Hall–Kier alpha value is -1.07. The Morgan fingerprint density at radius 2 is 1.90 bits per heavy atom. The van der Waals surface area contributed by atoms with Crippen LogP contribution >= 0.6 is 0 Å². The van der Waals surface area contributed by atoms with Crippen molar-refractivity contribution in [3.63, 3.8) is 0 Å². The fourth-order valence-corrected chi connectivity index (χ4v) is 5.55. The Bertz CT molecular complexity index is 629. The van der Waals surface area contributed by atoms with Crippen LogP contribution in [0.5, 0.6) is 0 Å². The van der Waals surface area contributed by atoms with Crippen molar-refractivity contribution in [3.05, 3.63) is 23.8 Å². The molecule has 108 valence electrons. The molecule has 2 atom stereocenters. The van der Waals surface area contributed by atoms with Crippen molar-refractivity contribution in [3.8, 4) is 0 Å². The summed E-state index contributed by atoms with van der Waals surface area (Å²) in [4.78, 5) is 0.450. The van der Waals surface area contributed by atoms with E-state index in [0.29, 0.717) is 16.7 Å². The molecule has 0 amide bonds. The number of rotatable bonds is 2. The molecule has 4 nitrogen and oxygen atoms in total. The normalized spacial score (nSPS) is 29.2. The molecule has 5 heteroatoms. The van der Waals surface area contributed by atoms with Crippen molar-refractivity contribution in [2.75, 3.05) is 25.0 Å². The highest BCUT2D eigenvalue weighted by Gasteiger charge is 2.41. The predicted octanol–water partition coefficient (Wildman–Crippen LogP) is 2.08. The van der Waals surface area contributed by atoms with Crippen LogP contribution in [-0.2, 0) is 16.4 Å². The van der Waals surface area contributed by atoms with E-state index in [-0.39, 0.29) is 0 Å². The van der Waals surface area contributed by atoms with E-state index >= 15 is 0 Å². The van der Waals surface area contributed by atoms with Crippen molar-refractivity contribution < 1.29 is 8.42 Å². The third kappa shape index (κ3) is 1.87. The molecule has 0 radical (unpaired) electrons. The van der Waals surface area contributed by atoms with Gasteiger partial charge in [0.1, 0.15) is 0 Å². The Balaban J connectivity index is 1.64. The van der Waals surface area contributed by atoms with E-state index in [2.05, 4.69) is 5.32 Å². The van der Waals surface area contributed by atoms with E-state index in [1.807, 2.05) is 12.1 Å². The molecule has 1 N–H and O–H groups in total. The van der Waals surface area contributed by atoms with Gasteiger partial charge in [-0.15, -0.1) is 0 Å². The van der Waals surface area contributed by atoms with Gasteiger partial charge in [-0.3, -0.25) is 0 Å². The standard InChI is InChI=1S/C15H20N2O2S/c18-20(19,17-9-12-2-1-3-13(12)10-17)14-5-4-11-6-7-16-15(11)8-14/h4-5,8,12-13,16H,1-3,6-7,9-10H2. The van der Waals surface area contributed by atoms with E-state index in [1.54, 1.807) is 10.4 Å². The molecule has 1 aromatic carbocycles. The maximum atomic E-state index is 12.8. The van der Waals surface area contributed by atoms with Crippen molar-refractivity contribution in [2.45, 2.75) is 30.6 Å². The lowest BCUT2D eigenvalue weighted by atomic mass is 10.0. The van der Waals surface area contributed by atoms with Crippen LogP contribution in [0.1, 0.15) is 24.8 Å². The van der Waals surface area contributed by atoms with Gasteiger partial charge in [-0.25, -0.2) is 8.42 Å². The number of nitrogens with zero attached hydrogens (tertiary/aromatic N) is 1. The third-order valence-corrected chi connectivity index (χ3v) is 6.95. The summed E-state index contributed by atoms with van der Waals surface area (Å²) < 4.78 is 27.2. The summed E-state index contributed by atoms with van der Waals surface area (Å²) in [5.74, 6) is 1.19. The number of fused-ring (bicyclic) bond motifs is 2. The zero-order valence-corrected chi connectivity index (χ0v) is 12.3. The molecule has 1 saturated heterocycles. The number of sulfonamides is 1. The predicted molar refractivity (Wildman–Crippen MR) is 78.2 cm³/mol. The molecular formula is C15H20N2O2S. The number of hydrogen-bond acceptors (Lipinski definition) is 3. The summed E-state index contributed by atoms with van der Waals surface area (Å²) in [6.45, 7) is 2.35. The molecule has 0 spiro atoms. The largest absolute Gasteiger partial charge is 0.384 e. The maximum Gasteiger partial charge on any atom is 0.243 e. The fraction of sp³-hybridized carbons (Fsp3) is 0.600. The van der Waals surface area contributed by atoms with Crippen molar-refractivity contribution in [1.29, 1.82) is 0 Å². The summed E-state index contributed by atoms with van der Waals surface area (Å²) in [6.07, 6.45) is 4.65. The Kier molecular flexibility index (Phi) is 2.82. The number of nitrogens with one attached hydrogen (secondary N) is 1. The van der Waals surface area contributed by atoms with Gasteiger partial charge in [0.15, 0.2) is 0 Å². The van der Waals surface area contributed by atoms with Gasteiger partial charge in [-0.05, 0) is 48.8 Å². The van der Waals surface area contributed by atoms with E-state index in [4.69, 9.17) is 0 Å². The van der Waals surface area contributed by atoms with Crippen molar-refractivity contribution in [2.24, 2.45) is 11.8 Å². The summed E-state index contributed by atoms with van der Waals surface area (Å²) in [5.41, 5.74) is 2.22. The van der Waals surface area contributed by atoms with Crippen LogP contribution in [0.2, 0.25) is 0 Å². The topological polar surface area (TPSA) is 49.4 Å². The SMILES string of the molecule is O=S(=O)(c1ccc2c(c1)NCC2)N1CC2CCCC2C1. The summed E-state index contributed by atoms with van der Waals surface area (Å²) in [5, 5.41) is 3.26. The van der Waals surface area contributed by atoms with E-state index in [1.165, 1.54) is 24.8 Å². The van der Waals surface area contributed by atoms with Crippen LogP contribution in [0.3, 0.4) is 0 Å². The minimum atomic E-state index is -3.31. The molecule has 1 aromatic rings. The second kappa shape index (κ2) is 4.46. The van der Waals surface area contributed by atoms with Gasteiger partial charge in [0.25, 0.3) is 0 Å². The van der Waals surface area contributed by atoms with Crippen LogP contribution in [0.4, 0.5) is 5.69 Å².